The zero-order chi connectivity index (χ0) is 15.4. The van der Waals surface area contributed by atoms with Gasteiger partial charge in [-0.25, -0.2) is 4.79 Å². The van der Waals surface area contributed by atoms with E-state index in [-0.39, 0.29) is 18.6 Å². The molecular weight excluding hydrogens is 268 g/mol. The maximum atomic E-state index is 11.9. The first-order valence-electron chi connectivity index (χ1n) is 8.28. The summed E-state index contributed by atoms with van der Waals surface area (Å²) < 4.78 is 0. The Morgan fingerprint density at radius 3 is 2.57 bits per heavy atom. The molecule has 0 spiro atoms. The lowest BCUT2D eigenvalue weighted by Gasteiger charge is -2.28. The van der Waals surface area contributed by atoms with Crippen molar-refractivity contribution in [2.75, 3.05) is 6.54 Å². The molecule has 0 aromatic rings. The molecule has 21 heavy (non-hydrogen) atoms. The van der Waals surface area contributed by atoms with Crippen LogP contribution in [0, 0.1) is 23.7 Å². The number of nitrogens with one attached hydrogen (secondary N) is 2. The highest BCUT2D eigenvalue weighted by molar-refractivity contribution is 5.76. The Bertz CT molecular complexity index is 386. The van der Waals surface area contributed by atoms with Crippen LogP contribution >= 0.6 is 0 Å². The molecule has 120 valence electrons. The Labute approximate surface area is 126 Å². The number of carbonyl (C=O) groups is 2. The van der Waals surface area contributed by atoms with Crippen LogP contribution in [-0.2, 0) is 4.79 Å². The molecule has 2 fully saturated rings. The van der Waals surface area contributed by atoms with Gasteiger partial charge in [-0.05, 0) is 50.4 Å². The number of hydrogen-bond donors (Lipinski definition) is 3. The number of aliphatic carboxylic acids is 1. The van der Waals surface area contributed by atoms with Gasteiger partial charge in [0.25, 0.3) is 0 Å². The molecule has 5 nitrogen and oxygen atoms in total. The highest BCUT2D eigenvalue weighted by atomic mass is 16.4. The number of carboxylic acid groups (broad SMARTS) is 1. The van der Waals surface area contributed by atoms with Gasteiger partial charge in [-0.2, -0.15) is 0 Å². The van der Waals surface area contributed by atoms with E-state index in [0.717, 1.165) is 18.3 Å². The number of fused-ring (bicyclic) bond motifs is 2. The van der Waals surface area contributed by atoms with Crippen molar-refractivity contribution in [3.8, 4) is 0 Å². The summed E-state index contributed by atoms with van der Waals surface area (Å²) in [6.07, 6.45) is 6.63. The first-order valence-corrected chi connectivity index (χ1v) is 8.28. The Morgan fingerprint density at radius 2 is 2.05 bits per heavy atom. The monoisotopic (exact) mass is 296 g/mol. The van der Waals surface area contributed by atoms with E-state index in [9.17, 15) is 9.59 Å². The van der Waals surface area contributed by atoms with E-state index in [1.807, 2.05) is 6.92 Å². The standard InChI is InChI=1S/C16H28N2O3/c1-3-4-13(15(19)20)9-17-16(21)18-10(2)14-8-11-5-6-12(14)7-11/h10-14H,3-9H2,1-2H3,(H,19,20)(H2,17,18,21). The van der Waals surface area contributed by atoms with E-state index in [1.165, 1.54) is 25.7 Å². The number of urea groups is 1. The second kappa shape index (κ2) is 7.14. The molecule has 5 heteroatoms. The molecule has 0 aromatic heterocycles. The third kappa shape index (κ3) is 4.11. The average molecular weight is 296 g/mol. The van der Waals surface area contributed by atoms with Crippen molar-refractivity contribution < 1.29 is 14.7 Å². The largest absolute Gasteiger partial charge is 0.481 e. The number of carbonyl (C=O) groups excluding carboxylic acids is 1. The van der Waals surface area contributed by atoms with Gasteiger partial charge in [0.2, 0.25) is 0 Å². The topological polar surface area (TPSA) is 78.4 Å². The molecular formula is C16H28N2O3. The summed E-state index contributed by atoms with van der Waals surface area (Å²) >= 11 is 0. The lowest BCUT2D eigenvalue weighted by Crippen LogP contribution is -2.46. The molecule has 0 aliphatic heterocycles. The number of carboxylic acids is 1. The molecule has 5 atom stereocenters. The Balaban J connectivity index is 1.72. The predicted molar refractivity (Wildman–Crippen MR) is 81.0 cm³/mol. The van der Waals surface area contributed by atoms with Gasteiger partial charge in [0, 0.05) is 12.6 Å². The minimum absolute atomic E-state index is 0.176. The van der Waals surface area contributed by atoms with Crippen LogP contribution in [-0.4, -0.2) is 29.7 Å². The van der Waals surface area contributed by atoms with Crippen LogP contribution in [0.3, 0.4) is 0 Å². The van der Waals surface area contributed by atoms with Crippen molar-refractivity contribution in [1.82, 2.24) is 10.6 Å². The lowest BCUT2D eigenvalue weighted by atomic mass is 9.84. The number of rotatable bonds is 7. The van der Waals surface area contributed by atoms with Crippen molar-refractivity contribution in [2.45, 2.75) is 58.4 Å². The van der Waals surface area contributed by atoms with E-state index in [1.54, 1.807) is 0 Å². The molecule has 0 heterocycles. The molecule has 5 unspecified atom stereocenters. The van der Waals surface area contributed by atoms with E-state index in [0.29, 0.717) is 12.3 Å². The van der Waals surface area contributed by atoms with Crippen molar-refractivity contribution >= 4 is 12.0 Å². The quantitative estimate of drug-likeness (QED) is 0.675. The lowest BCUT2D eigenvalue weighted by molar-refractivity contribution is -0.141. The Kier molecular flexibility index (Phi) is 5.48. The zero-order valence-electron chi connectivity index (χ0n) is 13.1. The average Bonchev–Trinajstić information content (AvgIpc) is 3.05. The van der Waals surface area contributed by atoms with Gasteiger partial charge >= 0.3 is 12.0 Å². The molecule has 2 amide bonds. The molecule has 2 rings (SSSR count). The summed E-state index contributed by atoms with van der Waals surface area (Å²) in [5.41, 5.74) is 0. The first-order chi connectivity index (χ1) is 10.0. The van der Waals surface area contributed by atoms with Crippen LogP contribution in [0.25, 0.3) is 0 Å². The van der Waals surface area contributed by atoms with Gasteiger partial charge in [-0.15, -0.1) is 0 Å². The number of hydrogen-bond acceptors (Lipinski definition) is 2. The van der Waals surface area contributed by atoms with Gasteiger partial charge in [0.05, 0.1) is 5.92 Å². The second-order valence-corrected chi connectivity index (χ2v) is 6.81. The third-order valence-corrected chi connectivity index (χ3v) is 5.29. The summed E-state index contributed by atoms with van der Waals surface area (Å²) in [5, 5.41) is 14.8. The molecule has 2 bridgehead atoms. The fourth-order valence-electron chi connectivity index (χ4n) is 4.15. The molecule has 0 aromatic carbocycles. The van der Waals surface area contributed by atoms with Crippen LogP contribution < -0.4 is 10.6 Å². The SMILES string of the molecule is CCCC(CNC(=O)NC(C)C1CC2CCC1C2)C(=O)O. The summed E-state index contributed by atoms with van der Waals surface area (Å²) in [4.78, 5) is 23.0. The summed E-state index contributed by atoms with van der Waals surface area (Å²) in [6, 6.07) is -0.0534. The fourth-order valence-corrected chi connectivity index (χ4v) is 4.15. The van der Waals surface area contributed by atoms with Crippen molar-refractivity contribution in [3.05, 3.63) is 0 Å². The highest BCUT2D eigenvalue weighted by Gasteiger charge is 2.42. The van der Waals surface area contributed by atoms with Gasteiger partial charge in [-0.1, -0.05) is 19.8 Å². The van der Waals surface area contributed by atoms with Crippen molar-refractivity contribution in [2.24, 2.45) is 23.7 Å². The second-order valence-electron chi connectivity index (χ2n) is 6.81. The van der Waals surface area contributed by atoms with Crippen molar-refractivity contribution in [3.63, 3.8) is 0 Å². The summed E-state index contributed by atoms with van der Waals surface area (Å²) in [7, 11) is 0. The van der Waals surface area contributed by atoms with Gasteiger partial charge < -0.3 is 15.7 Å². The van der Waals surface area contributed by atoms with Crippen LogP contribution in [0.5, 0.6) is 0 Å². The van der Waals surface area contributed by atoms with E-state index >= 15 is 0 Å². The third-order valence-electron chi connectivity index (χ3n) is 5.29. The normalized spacial score (nSPS) is 29.9. The highest BCUT2D eigenvalue weighted by Crippen LogP contribution is 2.49. The predicted octanol–water partition coefficient (Wildman–Crippen LogP) is 2.61. The zero-order valence-corrected chi connectivity index (χ0v) is 13.1. The molecule has 0 saturated heterocycles. The smallest absolute Gasteiger partial charge is 0.315 e. The summed E-state index contributed by atoms with van der Waals surface area (Å²) in [5.74, 6) is 0.919. The van der Waals surface area contributed by atoms with Crippen LogP contribution in [0.1, 0.15) is 52.4 Å². The van der Waals surface area contributed by atoms with Gasteiger partial charge in [0.15, 0.2) is 0 Å². The first kappa shape index (κ1) is 16.1. The summed E-state index contributed by atoms with van der Waals surface area (Å²) in [6.45, 7) is 4.23. The maximum absolute atomic E-state index is 11.9. The molecule has 2 saturated carbocycles. The molecule has 2 aliphatic rings. The van der Waals surface area contributed by atoms with Gasteiger partial charge in [-0.3, -0.25) is 4.79 Å². The van der Waals surface area contributed by atoms with E-state index in [2.05, 4.69) is 17.6 Å². The molecule has 3 N–H and O–H groups in total. The Hall–Kier alpha value is -1.26. The minimum atomic E-state index is -0.835. The minimum Gasteiger partial charge on any atom is -0.481 e. The van der Waals surface area contributed by atoms with Crippen LogP contribution in [0.15, 0.2) is 0 Å². The van der Waals surface area contributed by atoms with Crippen molar-refractivity contribution in [1.29, 1.82) is 0 Å². The van der Waals surface area contributed by atoms with E-state index < -0.39 is 11.9 Å². The molecule has 0 radical (unpaired) electrons. The molecule has 2 aliphatic carbocycles. The van der Waals surface area contributed by atoms with Crippen LogP contribution in [0.4, 0.5) is 4.79 Å². The van der Waals surface area contributed by atoms with Crippen LogP contribution in [0.2, 0.25) is 0 Å². The van der Waals surface area contributed by atoms with E-state index in [4.69, 9.17) is 5.11 Å². The fraction of sp³-hybridized carbons (Fsp3) is 0.875. The number of amides is 2. The van der Waals surface area contributed by atoms with Gasteiger partial charge in [0.1, 0.15) is 0 Å². The Morgan fingerprint density at radius 1 is 1.29 bits per heavy atom. The maximum Gasteiger partial charge on any atom is 0.315 e.